The van der Waals surface area contributed by atoms with Gasteiger partial charge in [-0.3, -0.25) is 4.79 Å². The van der Waals surface area contributed by atoms with Crippen molar-refractivity contribution in [2.75, 3.05) is 6.54 Å². The van der Waals surface area contributed by atoms with E-state index in [0.717, 1.165) is 16.7 Å². The van der Waals surface area contributed by atoms with Gasteiger partial charge in [0.1, 0.15) is 0 Å². The van der Waals surface area contributed by atoms with E-state index in [2.05, 4.69) is 5.32 Å². The van der Waals surface area contributed by atoms with Crippen molar-refractivity contribution >= 4 is 5.91 Å². The maximum atomic E-state index is 11.4. The number of amides is 1. The van der Waals surface area contributed by atoms with Gasteiger partial charge in [0.05, 0.1) is 6.10 Å². The minimum absolute atomic E-state index is 0.0330. The third-order valence-electron chi connectivity index (χ3n) is 2.79. The second-order valence-corrected chi connectivity index (χ2v) is 4.78. The van der Waals surface area contributed by atoms with Gasteiger partial charge >= 0.3 is 0 Å². The highest BCUT2D eigenvalue weighted by Gasteiger charge is 2.13. The molecular weight excluding hydrogens is 214 g/mol. The number of hydrogen-bond acceptors (Lipinski definition) is 2. The van der Waals surface area contributed by atoms with E-state index in [0.29, 0.717) is 0 Å². The summed E-state index contributed by atoms with van der Waals surface area (Å²) in [5.74, 6) is -0.0878. The second-order valence-electron chi connectivity index (χ2n) is 4.78. The van der Waals surface area contributed by atoms with E-state index in [1.165, 1.54) is 0 Å². The van der Waals surface area contributed by atoms with Gasteiger partial charge in [0.15, 0.2) is 0 Å². The molecule has 1 rings (SSSR count). The van der Waals surface area contributed by atoms with Gasteiger partial charge in [0, 0.05) is 12.5 Å². The second kappa shape index (κ2) is 5.82. The van der Waals surface area contributed by atoms with Crippen molar-refractivity contribution in [3.63, 3.8) is 0 Å². The van der Waals surface area contributed by atoms with Crippen LogP contribution in [0.5, 0.6) is 0 Å². The predicted octanol–water partition coefficient (Wildman–Crippen LogP) is 2.11. The lowest BCUT2D eigenvalue weighted by molar-refractivity contribution is -0.124. The summed E-state index contributed by atoms with van der Waals surface area (Å²) in [7, 11) is 0. The monoisotopic (exact) mass is 235 g/mol. The molecule has 2 N–H and O–H groups in total. The SMILES string of the molecule is Cc1ccc(C)c(C(O)CNC(=O)C(C)C)c1. The first-order valence-corrected chi connectivity index (χ1v) is 5.94. The average Bonchev–Trinajstić information content (AvgIpc) is 2.28. The Labute approximate surface area is 103 Å². The number of hydrogen-bond donors (Lipinski definition) is 2. The van der Waals surface area contributed by atoms with E-state index >= 15 is 0 Å². The van der Waals surface area contributed by atoms with Gasteiger partial charge in [-0.1, -0.05) is 37.6 Å². The van der Waals surface area contributed by atoms with E-state index in [-0.39, 0.29) is 18.4 Å². The number of aliphatic hydroxyl groups is 1. The van der Waals surface area contributed by atoms with E-state index in [9.17, 15) is 9.90 Å². The first-order chi connectivity index (χ1) is 7.91. The Morgan fingerprint density at radius 2 is 2.00 bits per heavy atom. The molecule has 3 nitrogen and oxygen atoms in total. The molecule has 1 amide bonds. The van der Waals surface area contributed by atoms with Crippen LogP contribution in [-0.2, 0) is 4.79 Å². The van der Waals surface area contributed by atoms with Crippen molar-refractivity contribution in [3.8, 4) is 0 Å². The van der Waals surface area contributed by atoms with Crippen LogP contribution in [0.25, 0.3) is 0 Å². The van der Waals surface area contributed by atoms with Crippen LogP contribution in [0.15, 0.2) is 18.2 Å². The number of nitrogens with one attached hydrogen (secondary N) is 1. The zero-order chi connectivity index (χ0) is 13.0. The van der Waals surface area contributed by atoms with Gasteiger partial charge in [0.25, 0.3) is 0 Å². The predicted molar refractivity (Wildman–Crippen MR) is 68.7 cm³/mol. The first kappa shape index (κ1) is 13.7. The van der Waals surface area contributed by atoms with Crippen molar-refractivity contribution in [2.45, 2.75) is 33.8 Å². The molecule has 0 aliphatic carbocycles. The lowest BCUT2D eigenvalue weighted by Gasteiger charge is -2.16. The highest BCUT2D eigenvalue weighted by Crippen LogP contribution is 2.18. The number of carbonyl (C=O) groups is 1. The number of aliphatic hydroxyl groups excluding tert-OH is 1. The standard InChI is InChI=1S/C14H21NO2/c1-9(2)14(17)15-8-13(16)12-7-10(3)5-6-11(12)4/h5-7,9,13,16H,8H2,1-4H3,(H,15,17). The van der Waals surface area contributed by atoms with Crippen LogP contribution < -0.4 is 5.32 Å². The minimum atomic E-state index is -0.641. The van der Waals surface area contributed by atoms with E-state index in [1.54, 1.807) is 0 Å². The highest BCUT2D eigenvalue weighted by atomic mass is 16.3. The minimum Gasteiger partial charge on any atom is -0.387 e. The Hall–Kier alpha value is -1.35. The number of rotatable bonds is 4. The van der Waals surface area contributed by atoms with Crippen LogP contribution in [-0.4, -0.2) is 17.6 Å². The van der Waals surface area contributed by atoms with E-state index in [4.69, 9.17) is 0 Å². The van der Waals surface area contributed by atoms with Crippen molar-refractivity contribution in [2.24, 2.45) is 5.92 Å². The Balaban J connectivity index is 2.67. The summed E-state index contributed by atoms with van der Waals surface area (Å²) < 4.78 is 0. The largest absolute Gasteiger partial charge is 0.387 e. The molecule has 0 fully saturated rings. The Morgan fingerprint density at radius 3 is 2.59 bits per heavy atom. The van der Waals surface area contributed by atoms with Crippen LogP contribution in [0.2, 0.25) is 0 Å². The zero-order valence-corrected chi connectivity index (χ0v) is 10.9. The van der Waals surface area contributed by atoms with Gasteiger partial charge in [-0.15, -0.1) is 0 Å². The fourth-order valence-electron chi connectivity index (χ4n) is 1.63. The summed E-state index contributed by atoms with van der Waals surface area (Å²) in [6.07, 6.45) is -0.641. The van der Waals surface area contributed by atoms with Crippen molar-refractivity contribution in [1.82, 2.24) is 5.32 Å². The average molecular weight is 235 g/mol. The molecule has 0 aliphatic rings. The summed E-state index contributed by atoms with van der Waals surface area (Å²) >= 11 is 0. The first-order valence-electron chi connectivity index (χ1n) is 5.94. The summed E-state index contributed by atoms with van der Waals surface area (Å²) in [6.45, 7) is 7.88. The topological polar surface area (TPSA) is 49.3 Å². The third kappa shape index (κ3) is 3.86. The molecule has 0 aromatic heterocycles. The molecule has 1 atom stereocenters. The molecule has 17 heavy (non-hydrogen) atoms. The van der Waals surface area contributed by atoms with Crippen LogP contribution in [0.4, 0.5) is 0 Å². The van der Waals surface area contributed by atoms with Gasteiger partial charge in [-0.25, -0.2) is 0 Å². The smallest absolute Gasteiger partial charge is 0.222 e. The molecule has 1 unspecified atom stereocenters. The molecular formula is C14H21NO2. The summed E-state index contributed by atoms with van der Waals surface area (Å²) in [5.41, 5.74) is 3.04. The molecule has 0 radical (unpaired) electrons. The Kier molecular flexibility index (Phi) is 4.70. The Bertz CT molecular complexity index is 399. The van der Waals surface area contributed by atoms with Gasteiger partial charge < -0.3 is 10.4 Å². The molecule has 0 heterocycles. The van der Waals surface area contributed by atoms with Crippen LogP contribution in [0, 0.1) is 19.8 Å². The normalized spacial score (nSPS) is 12.6. The van der Waals surface area contributed by atoms with Crippen LogP contribution in [0.1, 0.15) is 36.6 Å². The molecule has 94 valence electrons. The molecule has 0 aliphatic heterocycles. The lowest BCUT2D eigenvalue weighted by Crippen LogP contribution is -2.31. The summed E-state index contributed by atoms with van der Waals surface area (Å²) in [4.78, 5) is 11.4. The summed E-state index contributed by atoms with van der Waals surface area (Å²) in [5, 5.41) is 12.8. The van der Waals surface area contributed by atoms with Crippen LogP contribution in [0.3, 0.4) is 0 Å². The summed E-state index contributed by atoms with van der Waals surface area (Å²) in [6, 6.07) is 5.96. The van der Waals surface area contributed by atoms with Crippen molar-refractivity contribution in [1.29, 1.82) is 0 Å². The number of benzene rings is 1. The molecule has 3 heteroatoms. The van der Waals surface area contributed by atoms with Gasteiger partial charge in [0.2, 0.25) is 5.91 Å². The van der Waals surface area contributed by atoms with Crippen molar-refractivity contribution in [3.05, 3.63) is 34.9 Å². The maximum absolute atomic E-state index is 11.4. The van der Waals surface area contributed by atoms with Crippen molar-refractivity contribution < 1.29 is 9.90 Å². The fourth-order valence-corrected chi connectivity index (χ4v) is 1.63. The Morgan fingerprint density at radius 1 is 1.35 bits per heavy atom. The molecule has 0 spiro atoms. The number of carbonyl (C=O) groups excluding carboxylic acids is 1. The quantitative estimate of drug-likeness (QED) is 0.839. The fraction of sp³-hybridized carbons (Fsp3) is 0.500. The zero-order valence-electron chi connectivity index (χ0n) is 10.9. The van der Waals surface area contributed by atoms with Gasteiger partial charge in [-0.2, -0.15) is 0 Å². The van der Waals surface area contributed by atoms with E-state index < -0.39 is 6.10 Å². The molecule has 1 aromatic rings. The van der Waals surface area contributed by atoms with E-state index in [1.807, 2.05) is 45.9 Å². The maximum Gasteiger partial charge on any atom is 0.222 e. The lowest BCUT2D eigenvalue weighted by atomic mass is 10.0. The molecule has 0 saturated heterocycles. The molecule has 0 bridgehead atoms. The van der Waals surface area contributed by atoms with Gasteiger partial charge in [-0.05, 0) is 25.0 Å². The van der Waals surface area contributed by atoms with Crippen LogP contribution >= 0.6 is 0 Å². The number of aryl methyl sites for hydroxylation is 2. The molecule has 0 saturated carbocycles. The molecule has 1 aromatic carbocycles. The highest BCUT2D eigenvalue weighted by molar-refractivity contribution is 5.77. The third-order valence-corrected chi connectivity index (χ3v) is 2.79.